The lowest BCUT2D eigenvalue weighted by atomic mass is 10.1. The molecule has 0 saturated carbocycles. The van der Waals surface area contributed by atoms with Crippen molar-refractivity contribution in [1.82, 2.24) is 0 Å². The van der Waals surface area contributed by atoms with Gasteiger partial charge in [-0.05, 0) is 12.1 Å². The molecule has 0 aliphatic carbocycles. The third kappa shape index (κ3) is 2.77. The van der Waals surface area contributed by atoms with Gasteiger partial charge < -0.3 is 11.5 Å². The molecule has 4 N–H and O–H groups in total. The standard InChI is InChI=1S/C9H8FN5/c10-8-3-1-2-6(4-11)7(8)5-14-15-9(12)13/h1-3,5H,(H4,12,13,15). The Kier molecular flexibility index (Phi) is 3.35. The molecule has 0 heterocycles. The Morgan fingerprint density at radius 3 is 2.80 bits per heavy atom. The van der Waals surface area contributed by atoms with Gasteiger partial charge in [-0.3, -0.25) is 0 Å². The number of hydrogen-bond acceptors (Lipinski definition) is 3. The number of guanidine groups is 1. The Hall–Kier alpha value is -2.42. The van der Waals surface area contributed by atoms with Crippen molar-refractivity contribution in [2.45, 2.75) is 0 Å². The number of rotatable bonds is 2. The SMILES string of the molecule is N#Cc1cccc(F)c1C=NN=C(N)N. The lowest BCUT2D eigenvalue weighted by Crippen LogP contribution is -2.21. The molecule has 0 unspecified atom stereocenters. The Labute approximate surface area is 85.5 Å². The van der Waals surface area contributed by atoms with Gasteiger partial charge in [0, 0.05) is 5.56 Å². The lowest BCUT2D eigenvalue weighted by Gasteiger charge is -1.97. The summed E-state index contributed by atoms with van der Waals surface area (Å²) in [6, 6.07) is 5.96. The van der Waals surface area contributed by atoms with Gasteiger partial charge in [-0.2, -0.15) is 10.4 Å². The van der Waals surface area contributed by atoms with E-state index in [-0.39, 0.29) is 17.1 Å². The summed E-state index contributed by atoms with van der Waals surface area (Å²) in [4.78, 5) is 0. The first-order valence-corrected chi connectivity index (χ1v) is 3.95. The van der Waals surface area contributed by atoms with Crippen LogP contribution in [0.25, 0.3) is 0 Å². The maximum atomic E-state index is 13.2. The molecule has 15 heavy (non-hydrogen) atoms. The summed E-state index contributed by atoms with van der Waals surface area (Å²) in [7, 11) is 0. The average molecular weight is 205 g/mol. The third-order valence-corrected chi connectivity index (χ3v) is 1.53. The van der Waals surface area contributed by atoms with Gasteiger partial charge in [0.1, 0.15) is 5.82 Å². The van der Waals surface area contributed by atoms with Gasteiger partial charge in [-0.25, -0.2) is 4.39 Å². The van der Waals surface area contributed by atoms with Crippen molar-refractivity contribution in [1.29, 1.82) is 5.26 Å². The number of hydrogen-bond donors (Lipinski definition) is 2. The minimum absolute atomic E-state index is 0.0602. The van der Waals surface area contributed by atoms with Crippen molar-refractivity contribution in [2.75, 3.05) is 0 Å². The minimum Gasteiger partial charge on any atom is -0.369 e. The van der Waals surface area contributed by atoms with E-state index in [1.807, 2.05) is 6.07 Å². The molecule has 0 aromatic heterocycles. The van der Waals surface area contributed by atoms with Gasteiger partial charge in [0.25, 0.3) is 0 Å². The van der Waals surface area contributed by atoms with Crippen LogP contribution in [0.5, 0.6) is 0 Å². The molecule has 6 heteroatoms. The fraction of sp³-hybridized carbons (Fsp3) is 0. The molecule has 0 saturated heterocycles. The number of nitrogens with zero attached hydrogens (tertiary/aromatic N) is 3. The maximum absolute atomic E-state index is 13.2. The Balaban J connectivity index is 3.09. The summed E-state index contributed by atoms with van der Waals surface area (Å²) < 4.78 is 13.2. The largest absolute Gasteiger partial charge is 0.369 e. The third-order valence-electron chi connectivity index (χ3n) is 1.53. The zero-order chi connectivity index (χ0) is 11.3. The van der Waals surface area contributed by atoms with Gasteiger partial charge in [0.2, 0.25) is 5.96 Å². The van der Waals surface area contributed by atoms with E-state index in [1.165, 1.54) is 18.2 Å². The molecule has 0 spiro atoms. The summed E-state index contributed by atoms with van der Waals surface area (Å²) >= 11 is 0. The predicted octanol–water partition coefficient (Wildman–Crippen LogP) is 0.305. The van der Waals surface area contributed by atoms with E-state index in [2.05, 4.69) is 10.2 Å². The van der Waals surface area contributed by atoms with Crippen molar-refractivity contribution in [3.63, 3.8) is 0 Å². The number of nitriles is 1. The normalized spacial score (nSPS) is 9.87. The van der Waals surface area contributed by atoms with Crippen molar-refractivity contribution in [2.24, 2.45) is 21.7 Å². The van der Waals surface area contributed by atoms with Crippen molar-refractivity contribution in [3.8, 4) is 6.07 Å². The highest BCUT2D eigenvalue weighted by Crippen LogP contribution is 2.09. The average Bonchev–Trinajstić information content (AvgIpc) is 2.20. The maximum Gasteiger partial charge on any atom is 0.211 e. The van der Waals surface area contributed by atoms with E-state index in [0.717, 1.165) is 6.21 Å². The van der Waals surface area contributed by atoms with Crippen LogP contribution in [0.2, 0.25) is 0 Å². The zero-order valence-corrected chi connectivity index (χ0v) is 7.68. The quantitative estimate of drug-likeness (QED) is 0.412. The van der Waals surface area contributed by atoms with E-state index >= 15 is 0 Å². The van der Waals surface area contributed by atoms with Crippen LogP contribution in [-0.2, 0) is 0 Å². The van der Waals surface area contributed by atoms with Crippen molar-refractivity contribution in [3.05, 3.63) is 35.1 Å². The summed E-state index contributed by atoms with van der Waals surface area (Å²) in [5.41, 5.74) is 10.3. The van der Waals surface area contributed by atoms with E-state index < -0.39 is 5.82 Å². The summed E-state index contributed by atoms with van der Waals surface area (Å²) in [5, 5.41) is 15.4. The van der Waals surface area contributed by atoms with Crippen LogP contribution in [0.3, 0.4) is 0 Å². The van der Waals surface area contributed by atoms with E-state index in [9.17, 15) is 4.39 Å². The van der Waals surface area contributed by atoms with Crippen molar-refractivity contribution < 1.29 is 4.39 Å². The Morgan fingerprint density at radius 2 is 2.20 bits per heavy atom. The second-order valence-corrected chi connectivity index (χ2v) is 2.58. The number of benzene rings is 1. The second-order valence-electron chi connectivity index (χ2n) is 2.58. The first-order chi connectivity index (χ1) is 7.15. The van der Waals surface area contributed by atoms with Gasteiger partial charge in [-0.15, -0.1) is 5.10 Å². The summed E-state index contributed by atoms with van der Waals surface area (Å²) in [6.45, 7) is 0. The summed E-state index contributed by atoms with van der Waals surface area (Å²) in [5.74, 6) is -0.787. The highest BCUT2D eigenvalue weighted by molar-refractivity contribution is 5.84. The molecule has 76 valence electrons. The predicted molar refractivity (Wildman–Crippen MR) is 54.5 cm³/mol. The first-order valence-electron chi connectivity index (χ1n) is 3.95. The molecule has 0 bridgehead atoms. The molecule has 0 aliphatic heterocycles. The molecule has 0 amide bonds. The van der Waals surface area contributed by atoms with Crippen LogP contribution >= 0.6 is 0 Å². The molecular weight excluding hydrogens is 197 g/mol. The van der Waals surface area contributed by atoms with E-state index in [4.69, 9.17) is 16.7 Å². The topological polar surface area (TPSA) is 101 Å². The second kappa shape index (κ2) is 4.72. The van der Waals surface area contributed by atoms with Gasteiger partial charge in [0.05, 0.1) is 17.8 Å². The monoisotopic (exact) mass is 205 g/mol. The highest BCUT2D eigenvalue weighted by atomic mass is 19.1. The first kappa shape index (κ1) is 10.7. The molecule has 0 aliphatic rings. The molecule has 1 aromatic carbocycles. The Morgan fingerprint density at radius 1 is 1.47 bits per heavy atom. The van der Waals surface area contributed by atoms with Gasteiger partial charge in [-0.1, -0.05) is 6.07 Å². The van der Waals surface area contributed by atoms with Crippen LogP contribution in [0, 0.1) is 17.1 Å². The van der Waals surface area contributed by atoms with Crippen LogP contribution < -0.4 is 11.5 Å². The zero-order valence-electron chi connectivity index (χ0n) is 7.68. The lowest BCUT2D eigenvalue weighted by molar-refractivity contribution is 0.625. The van der Waals surface area contributed by atoms with Crippen LogP contribution in [0.1, 0.15) is 11.1 Å². The van der Waals surface area contributed by atoms with E-state index in [1.54, 1.807) is 0 Å². The molecule has 0 fully saturated rings. The smallest absolute Gasteiger partial charge is 0.211 e. The van der Waals surface area contributed by atoms with Crippen LogP contribution in [-0.4, -0.2) is 12.2 Å². The Bertz CT molecular complexity index is 454. The van der Waals surface area contributed by atoms with Crippen molar-refractivity contribution >= 4 is 12.2 Å². The molecular formula is C9H8FN5. The van der Waals surface area contributed by atoms with Gasteiger partial charge >= 0.3 is 0 Å². The van der Waals surface area contributed by atoms with Crippen LogP contribution in [0.4, 0.5) is 4.39 Å². The molecule has 5 nitrogen and oxygen atoms in total. The van der Waals surface area contributed by atoms with Gasteiger partial charge in [0.15, 0.2) is 0 Å². The number of halogens is 1. The van der Waals surface area contributed by atoms with Crippen LogP contribution in [0.15, 0.2) is 28.4 Å². The minimum atomic E-state index is -0.552. The fourth-order valence-corrected chi connectivity index (χ4v) is 0.919. The molecule has 0 radical (unpaired) electrons. The fourth-order valence-electron chi connectivity index (χ4n) is 0.919. The molecule has 1 rings (SSSR count). The molecule has 1 aromatic rings. The number of nitrogens with two attached hydrogens (primary N) is 2. The highest BCUT2D eigenvalue weighted by Gasteiger charge is 2.04. The summed E-state index contributed by atoms with van der Waals surface area (Å²) in [6.07, 6.45) is 1.09. The molecule has 0 atom stereocenters. The van der Waals surface area contributed by atoms with E-state index in [0.29, 0.717) is 0 Å².